The number of nitrogens with one attached hydrogen (secondary N) is 2. The molecule has 2 rings (SSSR count). The molecule has 2 unspecified atom stereocenters. The Kier molecular flexibility index (Phi) is 4.36. The minimum atomic E-state index is 0.298. The lowest BCUT2D eigenvalue weighted by Crippen LogP contribution is -2.23. The van der Waals surface area contributed by atoms with Crippen LogP contribution in [0.15, 0.2) is 0 Å². The Morgan fingerprint density at radius 1 is 1.26 bits per heavy atom. The fourth-order valence-electron chi connectivity index (χ4n) is 2.02. The van der Waals surface area contributed by atoms with E-state index in [0.29, 0.717) is 29.9 Å². The molecule has 2 N–H and O–H groups in total. The fourth-order valence-corrected chi connectivity index (χ4v) is 2.02. The predicted octanol–water partition coefficient (Wildman–Crippen LogP) is 0.816. The Balaban J connectivity index is 2.04. The van der Waals surface area contributed by atoms with Gasteiger partial charge in [0.15, 0.2) is 0 Å². The van der Waals surface area contributed by atoms with Crippen LogP contribution in [0.2, 0.25) is 0 Å². The number of anilines is 3. The molecule has 0 spiro atoms. The molecule has 1 aliphatic rings. The van der Waals surface area contributed by atoms with Gasteiger partial charge in [0.2, 0.25) is 17.8 Å². The maximum Gasteiger partial charge on any atom is 0.231 e. The van der Waals surface area contributed by atoms with Gasteiger partial charge in [-0.25, -0.2) is 0 Å². The highest BCUT2D eigenvalue weighted by Gasteiger charge is 2.24. The van der Waals surface area contributed by atoms with E-state index in [1.54, 1.807) is 7.05 Å². The second kappa shape index (κ2) is 6.01. The van der Waals surface area contributed by atoms with E-state index in [2.05, 4.69) is 32.5 Å². The van der Waals surface area contributed by atoms with Gasteiger partial charge in [-0.05, 0) is 13.3 Å². The number of hydrogen-bond donors (Lipinski definition) is 2. The minimum Gasteiger partial charge on any atom is -0.378 e. The molecule has 0 bridgehead atoms. The molecule has 1 aromatic rings. The Morgan fingerprint density at radius 3 is 2.58 bits per heavy atom. The molecule has 2 heterocycles. The third-order valence-electron chi connectivity index (χ3n) is 3.30. The van der Waals surface area contributed by atoms with Crippen LogP contribution in [-0.4, -0.2) is 55.4 Å². The van der Waals surface area contributed by atoms with Gasteiger partial charge in [-0.1, -0.05) is 0 Å². The predicted molar refractivity (Wildman–Crippen MR) is 75.7 cm³/mol. The van der Waals surface area contributed by atoms with E-state index in [0.717, 1.165) is 19.6 Å². The van der Waals surface area contributed by atoms with Crippen LogP contribution in [0.1, 0.15) is 13.3 Å². The molecule has 0 saturated carbocycles. The number of aromatic nitrogens is 3. The van der Waals surface area contributed by atoms with Gasteiger partial charge in [0.25, 0.3) is 0 Å². The lowest BCUT2D eigenvalue weighted by atomic mass is 10.0. The van der Waals surface area contributed by atoms with E-state index < -0.39 is 0 Å². The summed E-state index contributed by atoms with van der Waals surface area (Å²) in [4.78, 5) is 14.8. The summed E-state index contributed by atoms with van der Waals surface area (Å²) >= 11 is 0. The van der Waals surface area contributed by atoms with Crippen molar-refractivity contribution in [3.8, 4) is 0 Å². The lowest BCUT2D eigenvalue weighted by Gasteiger charge is -2.16. The molecule has 0 aromatic carbocycles. The summed E-state index contributed by atoms with van der Waals surface area (Å²) in [5, 5.41) is 6.22. The smallest absolute Gasteiger partial charge is 0.231 e. The number of hydrogen-bond acceptors (Lipinski definition) is 7. The molecular weight excluding hydrogens is 244 g/mol. The summed E-state index contributed by atoms with van der Waals surface area (Å²) in [5.41, 5.74) is 0. The molecule has 0 amide bonds. The monoisotopic (exact) mass is 266 g/mol. The zero-order chi connectivity index (χ0) is 13.8. The van der Waals surface area contributed by atoms with Crippen molar-refractivity contribution in [3.63, 3.8) is 0 Å². The standard InChI is InChI=1S/C12H22N6O/c1-8-9(5-6-19-8)7-14-11-15-10(13-2)16-12(17-11)18(3)4/h8-9H,5-7H2,1-4H3,(H2,13,14,15,16,17). The van der Waals surface area contributed by atoms with E-state index in [1.165, 1.54) is 0 Å². The Bertz CT molecular complexity index is 425. The minimum absolute atomic E-state index is 0.298. The second-order valence-electron chi connectivity index (χ2n) is 4.93. The zero-order valence-corrected chi connectivity index (χ0v) is 12.0. The normalized spacial score (nSPS) is 22.3. The Labute approximate surface area is 113 Å². The molecule has 2 atom stereocenters. The van der Waals surface area contributed by atoms with Crippen LogP contribution in [0.5, 0.6) is 0 Å². The first kappa shape index (κ1) is 13.8. The summed E-state index contributed by atoms with van der Waals surface area (Å²) in [7, 11) is 5.61. The number of rotatable bonds is 5. The van der Waals surface area contributed by atoms with E-state index in [-0.39, 0.29) is 0 Å². The summed E-state index contributed by atoms with van der Waals surface area (Å²) in [6, 6.07) is 0. The van der Waals surface area contributed by atoms with Crippen LogP contribution >= 0.6 is 0 Å². The molecule has 0 aliphatic carbocycles. The summed E-state index contributed by atoms with van der Waals surface area (Å²) in [6.45, 7) is 3.77. The molecule has 1 fully saturated rings. The highest BCUT2D eigenvalue weighted by atomic mass is 16.5. The van der Waals surface area contributed by atoms with Crippen molar-refractivity contribution in [1.29, 1.82) is 0 Å². The van der Waals surface area contributed by atoms with Gasteiger partial charge < -0.3 is 20.3 Å². The lowest BCUT2D eigenvalue weighted by molar-refractivity contribution is 0.108. The van der Waals surface area contributed by atoms with Crippen molar-refractivity contribution in [3.05, 3.63) is 0 Å². The largest absolute Gasteiger partial charge is 0.378 e. The van der Waals surface area contributed by atoms with E-state index in [9.17, 15) is 0 Å². The third-order valence-corrected chi connectivity index (χ3v) is 3.30. The van der Waals surface area contributed by atoms with Gasteiger partial charge in [-0.15, -0.1) is 0 Å². The summed E-state index contributed by atoms with van der Waals surface area (Å²) in [6.07, 6.45) is 1.38. The second-order valence-corrected chi connectivity index (χ2v) is 4.93. The molecule has 7 heteroatoms. The topological polar surface area (TPSA) is 75.2 Å². The summed E-state index contributed by atoms with van der Waals surface area (Å²) in [5.74, 6) is 2.31. The van der Waals surface area contributed by atoms with Crippen LogP contribution < -0.4 is 15.5 Å². The highest BCUT2D eigenvalue weighted by Crippen LogP contribution is 2.20. The molecule has 0 radical (unpaired) electrons. The fraction of sp³-hybridized carbons (Fsp3) is 0.750. The maximum atomic E-state index is 5.55. The van der Waals surface area contributed by atoms with Crippen molar-refractivity contribution in [2.75, 3.05) is 49.8 Å². The first-order valence-corrected chi connectivity index (χ1v) is 6.56. The van der Waals surface area contributed by atoms with Gasteiger partial charge in [0, 0.05) is 40.2 Å². The van der Waals surface area contributed by atoms with Crippen LogP contribution in [0.25, 0.3) is 0 Å². The third kappa shape index (κ3) is 3.44. The zero-order valence-electron chi connectivity index (χ0n) is 12.0. The van der Waals surface area contributed by atoms with E-state index >= 15 is 0 Å². The quantitative estimate of drug-likeness (QED) is 0.817. The van der Waals surface area contributed by atoms with Crippen LogP contribution in [0.4, 0.5) is 17.8 Å². The van der Waals surface area contributed by atoms with Gasteiger partial charge in [0.1, 0.15) is 0 Å². The molecule has 1 aromatic heterocycles. The molecule has 1 aliphatic heterocycles. The van der Waals surface area contributed by atoms with Crippen molar-refractivity contribution >= 4 is 17.8 Å². The van der Waals surface area contributed by atoms with E-state index in [1.807, 2.05) is 19.0 Å². The van der Waals surface area contributed by atoms with Crippen molar-refractivity contribution in [2.45, 2.75) is 19.4 Å². The molecule has 106 valence electrons. The first-order valence-electron chi connectivity index (χ1n) is 6.56. The van der Waals surface area contributed by atoms with Crippen LogP contribution in [-0.2, 0) is 4.74 Å². The van der Waals surface area contributed by atoms with Gasteiger partial charge in [0.05, 0.1) is 6.10 Å². The summed E-state index contributed by atoms with van der Waals surface area (Å²) < 4.78 is 5.55. The average molecular weight is 266 g/mol. The van der Waals surface area contributed by atoms with Crippen molar-refractivity contribution < 1.29 is 4.74 Å². The van der Waals surface area contributed by atoms with Gasteiger partial charge >= 0.3 is 0 Å². The first-order chi connectivity index (χ1) is 9.10. The molecule has 7 nitrogen and oxygen atoms in total. The SMILES string of the molecule is CNc1nc(NCC2CCOC2C)nc(N(C)C)n1. The van der Waals surface area contributed by atoms with Crippen LogP contribution in [0.3, 0.4) is 0 Å². The Morgan fingerprint density at radius 2 is 2.00 bits per heavy atom. The molecular formula is C12H22N6O. The molecule has 1 saturated heterocycles. The van der Waals surface area contributed by atoms with Crippen molar-refractivity contribution in [1.82, 2.24) is 15.0 Å². The van der Waals surface area contributed by atoms with E-state index in [4.69, 9.17) is 4.74 Å². The average Bonchev–Trinajstić information content (AvgIpc) is 2.81. The number of ether oxygens (including phenoxy) is 1. The number of nitrogens with zero attached hydrogens (tertiary/aromatic N) is 4. The van der Waals surface area contributed by atoms with Gasteiger partial charge in [-0.2, -0.15) is 15.0 Å². The Hall–Kier alpha value is -1.63. The highest BCUT2D eigenvalue weighted by molar-refractivity contribution is 5.42. The van der Waals surface area contributed by atoms with Gasteiger partial charge in [-0.3, -0.25) is 0 Å². The van der Waals surface area contributed by atoms with Crippen molar-refractivity contribution in [2.24, 2.45) is 5.92 Å². The van der Waals surface area contributed by atoms with Crippen LogP contribution in [0, 0.1) is 5.92 Å². The molecule has 19 heavy (non-hydrogen) atoms. The maximum absolute atomic E-state index is 5.55.